The predicted molar refractivity (Wildman–Crippen MR) is 96.7 cm³/mol. The Morgan fingerprint density at radius 1 is 0.643 bits per heavy atom. The van der Waals surface area contributed by atoms with E-state index in [0.717, 1.165) is 0 Å². The highest BCUT2D eigenvalue weighted by Gasteiger charge is 2.58. The third kappa shape index (κ3) is 3.02. The molecule has 0 atom stereocenters. The van der Waals surface area contributed by atoms with Crippen molar-refractivity contribution in [1.29, 1.82) is 0 Å². The quantitative estimate of drug-likeness (QED) is 0.404. The van der Waals surface area contributed by atoms with Crippen molar-refractivity contribution in [1.82, 2.24) is 0 Å². The summed E-state index contributed by atoms with van der Waals surface area (Å²) >= 11 is 0. The Labute approximate surface area is 163 Å². The van der Waals surface area contributed by atoms with Crippen molar-refractivity contribution in [2.24, 2.45) is 10.8 Å². The molecular formula is C20H24O8. The van der Waals surface area contributed by atoms with Crippen LogP contribution in [0.4, 0.5) is 0 Å². The van der Waals surface area contributed by atoms with Gasteiger partial charge in [-0.2, -0.15) is 0 Å². The summed E-state index contributed by atoms with van der Waals surface area (Å²) in [5.41, 5.74) is -1.12. The number of rotatable bonds is 4. The van der Waals surface area contributed by atoms with Gasteiger partial charge < -0.3 is 18.9 Å². The van der Waals surface area contributed by atoms with Gasteiger partial charge in [0.1, 0.15) is 0 Å². The lowest BCUT2D eigenvalue weighted by molar-refractivity contribution is -0.169. The first-order valence-corrected chi connectivity index (χ1v) is 8.55. The lowest BCUT2D eigenvalue weighted by Gasteiger charge is -2.42. The van der Waals surface area contributed by atoms with Gasteiger partial charge >= 0.3 is 23.9 Å². The molecule has 0 N–H and O–H groups in total. The molecular weight excluding hydrogens is 368 g/mol. The van der Waals surface area contributed by atoms with Crippen LogP contribution >= 0.6 is 0 Å². The van der Waals surface area contributed by atoms with Crippen LogP contribution in [0.2, 0.25) is 0 Å². The van der Waals surface area contributed by atoms with Crippen LogP contribution < -0.4 is 0 Å². The number of methoxy groups -OCH3 is 4. The highest BCUT2D eigenvalue weighted by molar-refractivity contribution is 6.03. The molecule has 0 bridgehead atoms. The van der Waals surface area contributed by atoms with E-state index in [2.05, 4.69) is 13.2 Å². The molecule has 152 valence electrons. The molecule has 0 aromatic heterocycles. The van der Waals surface area contributed by atoms with Crippen molar-refractivity contribution in [2.75, 3.05) is 28.4 Å². The minimum Gasteiger partial charge on any atom is -0.468 e. The van der Waals surface area contributed by atoms with Crippen molar-refractivity contribution < 1.29 is 38.1 Å². The summed E-state index contributed by atoms with van der Waals surface area (Å²) in [5.74, 6) is -3.09. The van der Waals surface area contributed by atoms with Crippen LogP contribution in [0.25, 0.3) is 0 Å². The van der Waals surface area contributed by atoms with E-state index in [4.69, 9.17) is 18.9 Å². The molecule has 0 fully saturated rings. The molecule has 0 saturated heterocycles. The fourth-order valence-corrected chi connectivity index (χ4v) is 4.27. The number of esters is 4. The second-order valence-electron chi connectivity index (χ2n) is 7.02. The average Bonchev–Trinajstić information content (AvgIpc) is 2.69. The van der Waals surface area contributed by atoms with E-state index in [9.17, 15) is 19.2 Å². The van der Waals surface area contributed by atoms with Gasteiger partial charge in [-0.05, 0) is 42.4 Å². The van der Waals surface area contributed by atoms with Crippen molar-refractivity contribution in [3.63, 3.8) is 0 Å². The summed E-state index contributed by atoms with van der Waals surface area (Å²) in [6.45, 7) is 7.98. The van der Waals surface area contributed by atoms with Crippen molar-refractivity contribution >= 4 is 23.9 Å². The molecule has 0 aromatic carbocycles. The summed E-state index contributed by atoms with van der Waals surface area (Å²) in [5, 5.41) is 0. The Bertz CT molecular complexity index is 705. The number of ether oxygens (including phenoxy) is 4. The van der Waals surface area contributed by atoms with Gasteiger partial charge in [0.25, 0.3) is 0 Å². The molecule has 0 heterocycles. The SMILES string of the molecule is C=C1CC(C(=O)OC)(C(=O)OC)CC2=C1C(=C)CC(C(=O)OC)(C(=O)OC)C2. The fraction of sp³-hybridized carbons (Fsp3) is 0.500. The molecule has 8 heteroatoms. The van der Waals surface area contributed by atoms with Gasteiger partial charge in [-0.15, -0.1) is 0 Å². The van der Waals surface area contributed by atoms with Gasteiger partial charge in [0.05, 0.1) is 28.4 Å². The van der Waals surface area contributed by atoms with Gasteiger partial charge in [0, 0.05) is 0 Å². The summed E-state index contributed by atoms with van der Waals surface area (Å²) in [6, 6.07) is 0. The van der Waals surface area contributed by atoms with Gasteiger partial charge in [-0.25, -0.2) is 0 Å². The van der Waals surface area contributed by atoms with Crippen LogP contribution in [0.15, 0.2) is 35.5 Å². The van der Waals surface area contributed by atoms with Crippen LogP contribution in [0, 0.1) is 10.8 Å². The first kappa shape index (κ1) is 21.4. The Morgan fingerprint density at radius 2 is 0.929 bits per heavy atom. The highest BCUT2D eigenvalue weighted by Crippen LogP contribution is 2.54. The minimum atomic E-state index is -1.64. The van der Waals surface area contributed by atoms with E-state index in [0.29, 0.717) is 22.3 Å². The Kier molecular flexibility index (Phi) is 5.82. The van der Waals surface area contributed by atoms with Crippen LogP contribution in [0.5, 0.6) is 0 Å². The zero-order valence-corrected chi connectivity index (χ0v) is 16.5. The third-order valence-corrected chi connectivity index (χ3v) is 5.43. The number of hydrogen-bond donors (Lipinski definition) is 0. The third-order valence-electron chi connectivity index (χ3n) is 5.43. The van der Waals surface area contributed by atoms with E-state index in [-0.39, 0.29) is 25.7 Å². The topological polar surface area (TPSA) is 105 Å². The normalized spacial score (nSPS) is 20.0. The van der Waals surface area contributed by atoms with Crippen LogP contribution in [0.3, 0.4) is 0 Å². The average molecular weight is 392 g/mol. The summed E-state index contributed by atoms with van der Waals surface area (Å²) in [7, 11) is 4.69. The number of carbonyl (C=O) groups excluding carboxylic acids is 4. The molecule has 2 rings (SSSR count). The van der Waals surface area contributed by atoms with E-state index in [1.807, 2.05) is 0 Å². The molecule has 0 unspecified atom stereocenters. The Balaban J connectivity index is 2.64. The molecule has 0 radical (unpaired) electrons. The monoisotopic (exact) mass is 392 g/mol. The molecule has 0 spiro atoms. The van der Waals surface area contributed by atoms with E-state index in [1.165, 1.54) is 28.4 Å². The zero-order chi connectivity index (χ0) is 21.3. The summed E-state index contributed by atoms with van der Waals surface area (Å²) in [4.78, 5) is 50.2. The molecule has 0 aromatic rings. The fourth-order valence-electron chi connectivity index (χ4n) is 4.27. The standard InChI is InChI=1S/C20H24O8/c1-11-7-19(15(21)25-3,16(22)26-4)9-13-10-20(17(23)27-5,18(24)28-6)8-12(2)14(11)13/h1-2,7-10H2,3-6H3. The van der Waals surface area contributed by atoms with Crippen LogP contribution in [-0.2, 0) is 38.1 Å². The van der Waals surface area contributed by atoms with Crippen molar-refractivity contribution in [2.45, 2.75) is 25.7 Å². The Hall–Kier alpha value is -2.90. The number of hydrogen-bond acceptors (Lipinski definition) is 8. The minimum absolute atomic E-state index is 0.00630. The van der Waals surface area contributed by atoms with Gasteiger partial charge in [-0.3, -0.25) is 19.2 Å². The predicted octanol–water partition coefficient (Wildman–Crippen LogP) is 1.65. The largest absolute Gasteiger partial charge is 0.468 e. The molecule has 0 saturated carbocycles. The lowest BCUT2D eigenvalue weighted by atomic mass is 9.60. The lowest BCUT2D eigenvalue weighted by Crippen LogP contribution is -2.48. The number of carbonyl (C=O) groups is 4. The molecule has 28 heavy (non-hydrogen) atoms. The van der Waals surface area contributed by atoms with Crippen molar-refractivity contribution in [3.05, 3.63) is 35.5 Å². The van der Waals surface area contributed by atoms with E-state index >= 15 is 0 Å². The molecule has 0 amide bonds. The molecule has 2 aliphatic carbocycles. The maximum absolute atomic E-state index is 12.5. The second kappa shape index (κ2) is 7.61. The van der Waals surface area contributed by atoms with E-state index in [1.54, 1.807) is 0 Å². The zero-order valence-electron chi connectivity index (χ0n) is 16.5. The maximum atomic E-state index is 12.5. The molecule has 8 nitrogen and oxygen atoms in total. The Morgan fingerprint density at radius 3 is 1.18 bits per heavy atom. The summed E-state index contributed by atoms with van der Waals surface area (Å²) in [6.07, 6.45) is -0.188. The van der Waals surface area contributed by atoms with Crippen LogP contribution in [0.1, 0.15) is 25.7 Å². The van der Waals surface area contributed by atoms with E-state index < -0.39 is 34.7 Å². The second-order valence-corrected chi connectivity index (χ2v) is 7.02. The maximum Gasteiger partial charge on any atom is 0.323 e. The summed E-state index contributed by atoms with van der Waals surface area (Å²) < 4.78 is 19.4. The van der Waals surface area contributed by atoms with Gasteiger partial charge in [0.15, 0.2) is 10.8 Å². The molecule has 0 aliphatic heterocycles. The van der Waals surface area contributed by atoms with Gasteiger partial charge in [-0.1, -0.05) is 18.7 Å². The van der Waals surface area contributed by atoms with Gasteiger partial charge in [0.2, 0.25) is 0 Å². The van der Waals surface area contributed by atoms with Crippen LogP contribution in [-0.4, -0.2) is 52.3 Å². The first-order chi connectivity index (χ1) is 13.1. The number of allylic oxidation sites excluding steroid dienone is 4. The highest BCUT2D eigenvalue weighted by atomic mass is 16.6. The first-order valence-electron chi connectivity index (χ1n) is 8.55. The van der Waals surface area contributed by atoms with Crippen molar-refractivity contribution in [3.8, 4) is 0 Å². The molecule has 2 aliphatic rings. The smallest absolute Gasteiger partial charge is 0.323 e.